The number of nitrogens with zero attached hydrogens (tertiary/aromatic N) is 1. The van der Waals surface area contributed by atoms with Crippen LogP contribution >= 0.6 is 0 Å². The van der Waals surface area contributed by atoms with Gasteiger partial charge in [0, 0.05) is 6.07 Å². The van der Waals surface area contributed by atoms with Crippen molar-refractivity contribution in [2.75, 3.05) is 7.11 Å². The molecular weight excluding hydrogens is 214 g/mol. The van der Waals surface area contributed by atoms with Gasteiger partial charge in [0.2, 0.25) is 0 Å². The zero-order valence-corrected chi connectivity index (χ0v) is 8.41. The van der Waals surface area contributed by atoms with Gasteiger partial charge in [-0.1, -0.05) is 0 Å². The van der Waals surface area contributed by atoms with E-state index < -0.39 is 16.6 Å². The minimum absolute atomic E-state index is 0.344. The second kappa shape index (κ2) is 4.92. The van der Waals surface area contributed by atoms with Crippen LogP contribution in [0.15, 0.2) is 24.5 Å². The molecule has 0 saturated heterocycles. The summed E-state index contributed by atoms with van der Waals surface area (Å²) < 4.78 is 4.66. The van der Waals surface area contributed by atoms with Crippen molar-refractivity contribution in [3.63, 3.8) is 0 Å². The monoisotopic (exact) mass is 223 g/mol. The predicted molar refractivity (Wildman–Crippen MR) is 56.1 cm³/mol. The Morgan fingerprint density at radius 3 is 2.75 bits per heavy atom. The lowest BCUT2D eigenvalue weighted by Crippen LogP contribution is -2.02. The highest BCUT2D eigenvalue weighted by molar-refractivity contribution is 5.93. The van der Waals surface area contributed by atoms with Crippen molar-refractivity contribution in [2.45, 2.75) is 0 Å². The maximum absolute atomic E-state index is 10.8. The van der Waals surface area contributed by atoms with Crippen LogP contribution in [0.4, 0.5) is 5.69 Å². The summed E-state index contributed by atoms with van der Waals surface area (Å²) in [5.41, 5.74) is -0.254. The SMILES string of the molecule is COC=Cc1ccc([N+](=O)[O-])c(C(=O)O)c1. The van der Waals surface area contributed by atoms with Gasteiger partial charge in [0.15, 0.2) is 0 Å². The van der Waals surface area contributed by atoms with Gasteiger partial charge in [-0.2, -0.15) is 0 Å². The summed E-state index contributed by atoms with van der Waals surface area (Å²) in [5, 5.41) is 19.4. The van der Waals surface area contributed by atoms with Crippen LogP contribution in [0, 0.1) is 10.1 Å². The van der Waals surface area contributed by atoms with E-state index in [-0.39, 0.29) is 5.56 Å². The first-order valence-corrected chi connectivity index (χ1v) is 4.27. The molecule has 6 nitrogen and oxygen atoms in total. The molecule has 0 spiro atoms. The lowest BCUT2D eigenvalue weighted by Gasteiger charge is -1.99. The van der Waals surface area contributed by atoms with Gasteiger partial charge in [-0.05, 0) is 23.8 Å². The summed E-state index contributed by atoms with van der Waals surface area (Å²) in [5.74, 6) is -1.33. The molecule has 0 aromatic heterocycles. The molecule has 0 aliphatic carbocycles. The molecule has 0 unspecified atom stereocenters. The van der Waals surface area contributed by atoms with E-state index in [9.17, 15) is 14.9 Å². The van der Waals surface area contributed by atoms with Crippen molar-refractivity contribution < 1.29 is 19.6 Å². The summed E-state index contributed by atoms with van der Waals surface area (Å²) in [6.07, 6.45) is 2.86. The fourth-order valence-corrected chi connectivity index (χ4v) is 1.13. The summed E-state index contributed by atoms with van der Waals surface area (Å²) in [4.78, 5) is 20.6. The Hall–Kier alpha value is -2.37. The van der Waals surface area contributed by atoms with E-state index in [1.165, 1.54) is 31.6 Å². The second-order valence-electron chi connectivity index (χ2n) is 2.88. The second-order valence-corrected chi connectivity index (χ2v) is 2.88. The maximum Gasteiger partial charge on any atom is 0.342 e. The van der Waals surface area contributed by atoms with E-state index in [1.54, 1.807) is 0 Å². The highest BCUT2D eigenvalue weighted by Gasteiger charge is 2.19. The van der Waals surface area contributed by atoms with Crippen LogP contribution in [0.2, 0.25) is 0 Å². The van der Waals surface area contributed by atoms with Crippen molar-refractivity contribution in [3.8, 4) is 0 Å². The molecule has 16 heavy (non-hydrogen) atoms. The minimum atomic E-state index is -1.33. The molecule has 0 aliphatic heterocycles. The zero-order chi connectivity index (χ0) is 12.1. The van der Waals surface area contributed by atoms with Gasteiger partial charge >= 0.3 is 5.97 Å². The number of carbonyl (C=O) groups is 1. The normalized spacial score (nSPS) is 10.3. The molecule has 0 heterocycles. The number of hydrogen-bond acceptors (Lipinski definition) is 4. The highest BCUT2D eigenvalue weighted by Crippen LogP contribution is 2.20. The van der Waals surface area contributed by atoms with Crippen molar-refractivity contribution >= 4 is 17.7 Å². The van der Waals surface area contributed by atoms with E-state index in [0.717, 1.165) is 6.07 Å². The van der Waals surface area contributed by atoms with Crippen molar-refractivity contribution in [3.05, 3.63) is 45.7 Å². The first-order valence-electron chi connectivity index (χ1n) is 4.27. The molecule has 0 amide bonds. The topological polar surface area (TPSA) is 89.7 Å². The summed E-state index contributed by atoms with van der Waals surface area (Å²) in [6, 6.07) is 3.81. The number of benzene rings is 1. The van der Waals surface area contributed by atoms with Gasteiger partial charge in [-0.3, -0.25) is 10.1 Å². The van der Waals surface area contributed by atoms with Crippen LogP contribution in [0.5, 0.6) is 0 Å². The minimum Gasteiger partial charge on any atom is -0.504 e. The molecule has 0 atom stereocenters. The third kappa shape index (κ3) is 2.57. The third-order valence-electron chi connectivity index (χ3n) is 1.84. The Morgan fingerprint density at radius 1 is 1.56 bits per heavy atom. The average molecular weight is 223 g/mol. The van der Waals surface area contributed by atoms with Crippen LogP contribution < -0.4 is 0 Å². The molecule has 0 fully saturated rings. The summed E-state index contributed by atoms with van der Waals surface area (Å²) >= 11 is 0. The maximum atomic E-state index is 10.8. The molecule has 0 saturated carbocycles. The molecule has 1 aromatic carbocycles. The standard InChI is InChI=1S/C10H9NO5/c1-16-5-4-7-2-3-9(11(14)15)8(6-7)10(12)13/h2-6H,1H3,(H,12,13). The summed E-state index contributed by atoms with van der Waals surface area (Å²) in [6.45, 7) is 0. The quantitative estimate of drug-likeness (QED) is 0.478. The van der Waals surface area contributed by atoms with Crippen molar-refractivity contribution in [2.24, 2.45) is 0 Å². The van der Waals surface area contributed by atoms with Crippen LogP contribution in [0.1, 0.15) is 15.9 Å². The molecule has 1 aromatic rings. The Morgan fingerprint density at radius 2 is 2.25 bits per heavy atom. The van der Waals surface area contributed by atoms with Crippen LogP contribution in [0.25, 0.3) is 6.08 Å². The Labute approximate surface area is 90.9 Å². The largest absolute Gasteiger partial charge is 0.504 e. The first kappa shape index (κ1) is 11.7. The van der Waals surface area contributed by atoms with Gasteiger partial charge in [-0.25, -0.2) is 4.79 Å². The van der Waals surface area contributed by atoms with Gasteiger partial charge in [0.05, 0.1) is 18.3 Å². The third-order valence-corrected chi connectivity index (χ3v) is 1.84. The molecule has 0 radical (unpaired) electrons. The smallest absolute Gasteiger partial charge is 0.342 e. The fraction of sp³-hybridized carbons (Fsp3) is 0.100. The number of ether oxygens (including phenoxy) is 1. The summed E-state index contributed by atoms with van der Waals surface area (Å²) in [7, 11) is 1.44. The van der Waals surface area contributed by atoms with E-state index >= 15 is 0 Å². The number of nitro groups is 1. The number of carboxylic acid groups (broad SMARTS) is 1. The van der Waals surface area contributed by atoms with Crippen LogP contribution in [0.3, 0.4) is 0 Å². The number of carboxylic acids is 1. The van der Waals surface area contributed by atoms with E-state index in [1.807, 2.05) is 0 Å². The number of aromatic carboxylic acids is 1. The molecule has 0 aliphatic rings. The van der Waals surface area contributed by atoms with Gasteiger partial charge in [0.25, 0.3) is 5.69 Å². The molecule has 1 N–H and O–H groups in total. The Balaban J connectivity index is 3.22. The molecule has 6 heteroatoms. The fourth-order valence-electron chi connectivity index (χ4n) is 1.13. The molecule has 1 rings (SSSR count). The van der Waals surface area contributed by atoms with E-state index in [4.69, 9.17) is 5.11 Å². The first-order chi connectivity index (χ1) is 7.56. The van der Waals surface area contributed by atoms with Gasteiger partial charge in [0.1, 0.15) is 5.56 Å². The van der Waals surface area contributed by atoms with Crippen molar-refractivity contribution in [1.82, 2.24) is 0 Å². The Bertz CT molecular complexity index is 453. The number of hydrogen-bond donors (Lipinski definition) is 1. The average Bonchev–Trinajstić information content (AvgIpc) is 2.25. The molecular formula is C10H9NO5. The lowest BCUT2D eigenvalue weighted by atomic mass is 10.1. The number of rotatable bonds is 4. The zero-order valence-electron chi connectivity index (χ0n) is 8.41. The van der Waals surface area contributed by atoms with Crippen molar-refractivity contribution in [1.29, 1.82) is 0 Å². The van der Waals surface area contributed by atoms with Gasteiger partial charge in [-0.15, -0.1) is 0 Å². The Kier molecular flexibility index (Phi) is 3.60. The predicted octanol–water partition coefficient (Wildman–Crippen LogP) is 1.91. The number of methoxy groups -OCH3 is 1. The number of nitro benzene ring substituents is 1. The van der Waals surface area contributed by atoms with E-state index in [0.29, 0.717) is 5.56 Å². The lowest BCUT2D eigenvalue weighted by molar-refractivity contribution is -0.385. The van der Waals surface area contributed by atoms with Crippen LogP contribution in [-0.4, -0.2) is 23.1 Å². The highest BCUT2D eigenvalue weighted by atomic mass is 16.6. The molecule has 0 bridgehead atoms. The van der Waals surface area contributed by atoms with Gasteiger partial charge < -0.3 is 9.84 Å². The van der Waals surface area contributed by atoms with Crippen LogP contribution in [-0.2, 0) is 4.74 Å². The molecule has 84 valence electrons. The van der Waals surface area contributed by atoms with E-state index in [2.05, 4.69) is 4.74 Å².